The Hall–Kier alpha value is -4.12. The number of carboxylic acid groups (broad SMARTS) is 1. The first-order chi connectivity index (χ1) is 17.7. The van der Waals surface area contributed by atoms with Crippen LogP contribution in [0.4, 0.5) is 31.0 Å². The molecule has 0 fully saturated rings. The van der Waals surface area contributed by atoms with Gasteiger partial charge in [0.1, 0.15) is 5.82 Å². The Kier molecular flexibility index (Phi) is 9.45. The molecule has 11 heteroatoms. The number of halogens is 2. The maximum Gasteiger partial charge on any atom is 0.413 e. The van der Waals surface area contributed by atoms with Crippen LogP contribution in [-0.4, -0.2) is 70.1 Å². The molecule has 1 aromatic heterocycles. The third-order valence-corrected chi connectivity index (χ3v) is 5.85. The molecule has 0 bridgehead atoms. The van der Waals surface area contributed by atoms with Crippen LogP contribution < -0.4 is 10.2 Å². The van der Waals surface area contributed by atoms with Crippen molar-refractivity contribution in [2.24, 2.45) is 0 Å². The van der Waals surface area contributed by atoms with E-state index in [0.717, 1.165) is 36.7 Å². The average Bonchev–Trinajstić information content (AvgIpc) is 2.89. The van der Waals surface area contributed by atoms with Crippen LogP contribution in [0.1, 0.15) is 29.8 Å². The summed E-state index contributed by atoms with van der Waals surface area (Å²) in [6, 6.07) is 11.4. The molecule has 2 aromatic carbocycles. The number of benzene rings is 2. The van der Waals surface area contributed by atoms with Crippen LogP contribution in [0.3, 0.4) is 0 Å². The Morgan fingerprint density at radius 3 is 2.30 bits per heavy atom. The Labute approximate surface area is 214 Å². The number of anilines is 3. The first-order valence-corrected chi connectivity index (χ1v) is 11.8. The summed E-state index contributed by atoms with van der Waals surface area (Å²) in [6.07, 6.45) is 0.0663. The van der Waals surface area contributed by atoms with Crippen molar-refractivity contribution in [3.05, 3.63) is 77.5 Å². The number of hydrogen-bond donors (Lipinski definition) is 2. The molecule has 0 aliphatic carbocycles. The number of aromatic nitrogens is 2. The van der Waals surface area contributed by atoms with Crippen LogP contribution in [0.25, 0.3) is 0 Å². The summed E-state index contributed by atoms with van der Waals surface area (Å²) >= 11 is 0. The minimum absolute atomic E-state index is 0.0522. The largest absolute Gasteiger partial charge is 0.465 e. The van der Waals surface area contributed by atoms with E-state index in [0.29, 0.717) is 17.8 Å². The average molecular weight is 513 g/mol. The van der Waals surface area contributed by atoms with E-state index < -0.39 is 17.7 Å². The highest BCUT2D eigenvalue weighted by Gasteiger charge is 2.18. The van der Waals surface area contributed by atoms with Gasteiger partial charge in [-0.05, 0) is 61.1 Å². The minimum Gasteiger partial charge on any atom is -0.465 e. The van der Waals surface area contributed by atoms with Crippen LogP contribution in [-0.2, 0) is 6.54 Å². The van der Waals surface area contributed by atoms with Crippen molar-refractivity contribution < 1.29 is 23.5 Å². The number of amides is 2. The van der Waals surface area contributed by atoms with Crippen LogP contribution in [0, 0.1) is 11.6 Å². The van der Waals surface area contributed by atoms with E-state index in [1.165, 1.54) is 18.3 Å². The number of nitrogens with one attached hydrogen (secondary N) is 1. The van der Waals surface area contributed by atoms with Gasteiger partial charge in [-0.3, -0.25) is 9.69 Å². The van der Waals surface area contributed by atoms with Gasteiger partial charge in [0.2, 0.25) is 5.95 Å². The first kappa shape index (κ1) is 27.5. The Balaban J connectivity index is 1.68. The van der Waals surface area contributed by atoms with Gasteiger partial charge in [-0.2, -0.15) is 4.98 Å². The molecule has 0 spiro atoms. The SMILES string of the molecule is CCN(CC)CCN(C)C(=O)c1ccc(Nc2nccc(N(Cc3ccc(F)c(F)c3)C(=O)O)n2)cc1. The molecule has 3 rings (SSSR count). The van der Waals surface area contributed by atoms with Crippen molar-refractivity contribution in [3.8, 4) is 0 Å². The van der Waals surface area contributed by atoms with Gasteiger partial charge in [0, 0.05) is 37.6 Å². The molecule has 0 atom stereocenters. The lowest BCUT2D eigenvalue weighted by molar-refractivity contribution is 0.0779. The highest BCUT2D eigenvalue weighted by Crippen LogP contribution is 2.20. The van der Waals surface area contributed by atoms with Gasteiger partial charge in [-0.25, -0.2) is 18.6 Å². The number of likely N-dealkylation sites (N-methyl/N-ethyl adjacent to an activating group) is 2. The third kappa shape index (κ3) is 7.43. The fourth-order valence-corrected chi connectivity index (χ4v) is 3.61. The molecule has 1 heterocycles. The Morgan fingerprint density at radius 2 is 1.68 bits per heavy atom. The molecule has 0 aliphatic heterocycles. The van der Waals surface area contributed by atoms with Crippen LogP contribution >= 0.6 is 0 Å². The van der Waals surface area contributed by atoms with Gasteiger partial charge in [-0.1, -0.05) is 19.9 Å². The number of hydrogen-bond acceptors (Lipinski definition) is 6. The molecule has 196 valence electrons. The van der Waals surface area contributed by atoms with E-state index in [1.54, 1.807) is 36.2 Å². The van der Waals surface area contributed by atoms with Gasteiger partial charge >= 0.3 is 6.09 Å². The number of nitrogens with zero attached hydrogens (tertiary/aromatic N) is 5. The van der Waals surface area contributed by atoms with Crippen molar-refractivity contribution in [2.75, 3.05) is 43.4 Å². The van der Waals surface area contributed by atoms with Crippen molar-refractivity contribution in [2.45, 2.75) is 20.4 Å². The molecule has 3 aromatic rings. The smallest absolute Gasteiger partial charge is 0.413 e. The predicted octanol–water partition coefficient (Wildman–Crippen LogP) is 4.60. The topological polar surface area (TPSA) is 102 Å². The van der Waals surface area contributed by atoms with Crippen LogP contribution in [0.15, 0.2) is 54.7 Å². The number of rotatable bonds is 11. The zero-order valence-electron chi connectivity index (χ0n) is 21.0. The molecular weight excluding hydrogens is 482 g/mol. The summed E-state index contributed by atoms with van der Waals surface area (Å²) in [5.74, 6) is -1.99. The number of carbonyl (C=O) groups is 2. The zero-order valence-corrected chi connectivity index (χ0v) is 21.0. The molecule has 2 N–H and O–H groups in total. The summed E-state index contributed by atoms with van der Waals surface area (Å²) in [6.45, 7) is 7.21. The van der Waals surface area contributed by atoms with Gasteiger partial charge in [0.15, 0.2) is 11.6 Å². The highest BCUT2D eigenvalue weighted by molar-refractivity contribution is 5.94. The van der Waals surface area contributed by atoms with Crippen molar-refractivity contribution in [1.29, 1.82) is 0 Å². The quantitative estimate of drug-likeness (QED) is 0.387. The van der Waals surface area contributed by atoms with Crippen molar-refractivity contribution in [3.63, 3.8) is 0 Å². The van der Waals surface area contributed by atoms with Crippen LogP contribution in [0.5, 0.6) is 0 Å². The second kappa shape index (κ2) is 12.7. The fraction of sp³-hybridized carbons (Fsp3) is 0.308. The van der Waals surface area contributed by atoms with Crippen LogP contribution in [0.2, 0.25) is 0 Å². The lowest BCUT2D eigenvalue weighted by atomic mass is 10.2. The van der Waals surface area contributed by atoms with E-state index in [2.05, 4.69) is 34.0 Å². The second-order valence-electron chi connectivity index (χ2n) is 8.31. The molecule has 0 saturated heterocycles. The lowest BCUT2D eigenvalue weighted by Crippen LogP contribution is -2.36. The van der Waals surface area contributed by atoms with Crippen molar-refractivity contribution >= 4 is 29.5 Å². The summed E-state index contributed by atoms with van der Waals surface area (Å²) < 4.78 is 26.8. The molecule has 9 nitrogen and oxygen atoms in total. The Bertz CT molecular complexity index is 1220. The third-order valence-electron chi connectivity index (χ3n) is 5.85. The van der Waals surface area contributed by atoms with Crippen molar-refractivity contribution in [1.82, 2.24) is 19.8 Å². The molecule has 0 saturated carbocycles. The van der Waals surface area contributed by atoms with Gasteiger partial charge < -0.3 is 20.2 Å². The summed E-state index contributed by atoms with van der Waals surface area (Å²) in [4.78, 5) is 37.8. The van der Waals surface area contributed by atoms with Gasteiger partial charge in [0.05, 0.1) is 6.54 Å². The first-order valence-electron chi connectivity index (χ1n) is 11.8. The maximum absolute atomic E-state index is 13.6. The fourth-order valence-electron chi connectivity index (χ4n) is 3.61. The molecular formula is C26H30F2N6O3. The van der Waals surface area contributed by atoms with E-state index in [1.807, 2.05) is 0 Å². The summed E-state index contributed by atoms with van der Waals surface area (Å²) in [5, 5.41) is 12.6. The van der Waals surface area contributed by atoms with Gasteiger partial charge in [-0.15, -0.1) is 0 Å². The lowest BCUT2D eigenvalue weighted by Gasteiger charge is -2.23. The normalized spacial score (nSPS) is 10.9. The molecule has 2 amide bonds. The van der Waals surface area contributed by atoms with E-state index in [9.17, 15) is 23.5 Å². The van der Waals surface area contributed by atoms with E-state index in [4.69, 9.17) is 0 Å². The molecule has 37 heavy (non-hydrogen) atoms. The zero-order chi connectivity index (χ0) is 26.9. The minimum atomic E-state index is -1.32. The molecule has 0 aliphatic rings. The standard InChI is InChI=1S/C26H30F2N6O3/c1-4-33(5-2)15-14-32(3)24(35)19-7-9-20(10-8-19)30-25-29-13-12-23(31-25)34(26(36)37)17-18-6-11-21(27)22(28)16-18/h6-13,16H,4-5,14-15,17H2,1-3H3,(H,36,37)(H,29,30,31). The Morgan fingerprint density at radius 1 is 0.973 bits per heavy atom. The highest BCUT2D eigenvalue weighted by atomic mass is 19.2. The molecule has 0 radical (unpaired) electrons. The maximum atomic E-state index is 13.6. The summed E-state index contributed by atoms with van der Waals surface area (Å²) in [5.41, 5.74) is 1.39. The predicted molar refractivity (Wildman–Crippen MR) is 137 cm³/mol. The summed E-state index contributed by atoms with van der Waals surface area (Å²) in [7, 11) is 1.77. The van der Waals surface area contributed by atoms with Gasteiger partial charge in [0.25, 0.3) is 5.91 Å². The second-order valence-corrected chi connectivity index (χ2v) is 8.31. The number of carbonyl (C=O) groups excluding carboxylic acids is 1. The van der Waals surface area contributed by atoms with E-state index in [-0.39, 0.29) is 29.8 Å². The molecule has 0 unspecified atom stereocenters. The monoisotopic (exact) mass is 512 g/mol. The van der Waals surface area contributed by atoms with E-state index >= 15 is 0 Å².